The van der Waals surface area contributed by atoms with Crippen LogP contribution in [0.4, 0.5) is 5.69 Å². The van der Waals surface area contributed by atoms with Crippen molar-refractivity contribution < 1.29 is 9.84 Å². The minimum Gasteiger partial charge on any atom is -0.491 e. The van der Waals surface area contributed by atoms with Crippen molar-refractivity contribution >= 4 is 5.69 Å². The van der Waals surface area contributed by atoms with E-state index in [0.29, 0.717) is 6.54 Å². The fraction of sp³-hybridized carbons (Fsp3) is 0.333. The Labute approximate surface area is 126 Å². The molecule has 0 aliphatic heterocycles. The molecule has 0 spiro atoms. The molecule has 0 saturated carbocycles. The first kappa shape index (κ1) is 15.4. The van der Waals surface area contributed by atoms with Crippen molar-refractivity contribution in [1.29, 1.82) is 0 Å². The normalized spacial score (nSPS) is 12.0. The summed E-state index contributed by atoms with van der Waals surface area (Å²) >= 11 is 0. The Bertz CT molecular complexity index is 578. The van der Waals surface area contributed by atoms with Crippen LogP contribution in [0.5, 0.6) is 5.75 Å². The number of rotatable bonds is 6. The quantitative estimate of drug-likeness (QED) is 0.854. The maximum absolute atomic E-state index is 9.98. The smallest absolute Gasteiger partial charge is 0.122 e. The molecule has 1 atom stereocenters. The molecule has 2 aromatic carbocycles. The van der Waals surface area contributed by atoms with Crippen LogP contribution in [0.25, 0.3) is 0 Å². The van der Waals surface area contributed by atoms with Crippen LogP contribution in [0.15, 0.2) is 42.5 Å². The topological polar surface area (TPSA) is 41.5 Å². The molecular formula is C18H23NO2. The van der Waals surface area contributed by atoms with E-state index in [0.717, 1.165) is 17.0 Å². The van der Waals surface area contributed by atoms with Gasteiger partial charge in [-0.1, -0.05) is 35.4 Å². The average molecular weight is 285 g/mol. The summed E-state index contributed by atoms with van der Waals surface area (Å²) in [5.41, 5.74) is 4.53. The molecule has 3 heteroatoms. The molecule has 2 rings (SSSR count). The molecule has 0 radical (unpaired) electrons. The van der Waals surface area contributed by atoms with Gasteiger partial charge >= 0.3 is 0 Å². The Morgan fingerprint density at radius 1 is 1.00 bits per heavy atom. The summed E-state index contributed by atoms with van der Waals surface area (Å²) in [6.45, 7) is 6.86. The highest BCUT2D eigenvalue weighted by molar-refractivity contribution is 5.44. The van der Waals surface area contributed by atoms with Crippen molar-refractivity contribution in [2.24, 2.45) is 0 Å². The van der Waals surface area contributed by atoms with Crippen LogP contribution in [0.3, 0.4) is 0 Å². The van der Waals surface area contributed by atoms with Gasteiger partial charge in [0.05, 0.1) is 0 Å². The fourth-order valence-electron chi connectivity index (χ4n) is 2.11. The van der Waals surface area contributed by atoms with Gasteiger partial charge in [0.15, 0.2) is 0 Å². The van der Waals surface area contributed by atoms with Crippen LogP contribution >= 0.6 is 0 Å². The summed E-state index contributed by atoms with van der Waals surface area (Å²) in [6, 6.07) is 14.1. The number of ether oxygens (including phenoxy) is 1. The van der Waals surface area contributed by atoms with E-state index >= 15 is 0 Å². The maximum atomic E-state index is 9.98. The Kier molecular flexibility index (Phi) is 5.23. The highest BCUT2D eigenvalue weighted by atomic mass is 16.5. The molecule has 0 saturated heterocycles. The molecule has 2 N–H and O–H groups in total. The van der Waals surface area contributed by atoms with E-state index in [-0.39, 0.29) is 6.61 Å². The molecule has 0 aromatic heterocycles. The predicted molar refractivity (Wildman–Crippen MR) is 87.1 cm³/mol. The number of hydrogen-bond acceptors (Lipinski definition) is 3. The Hall–Kier alpha value is -2.00. The summed E-state index contributed by atoms with van der Waals surface area (Å²) in [5, 5.41) is 13.2. The van der Waals surface area contributed by atoms with Gasteiger partial charge in [0, 0.05) is 12.2 Å². The highest BCUT2D eigenvalue weighted by Crippen LogP contribution is 2.18. The molecule has 0 fully saturated rings. The second-order valence-corrected chi connectivity index (χ2v) is 5.48. The summed E-state index contributed by atoms with van der Waals surface area (Å²) in [4.78, 5) is 0. The monoisotopic (exact) mass is 285 g/mol. The lowest BCUT2D eigenvalue weighted by Gasteiger charge is -2.15. The van der Waals surface area contributed by atoms with Gasteiger partial charge in [-0.25, -0.2) is 0 Å². The summed E-state index contributed by atoms with van der Waals surface area (Å²) in [5.74, 6) is 0.829. The number of nitrogens with one attached hydrogen (secondary N) is 1. The maximum Gasteiger partial charge on any atom is 0.122 e. The van der Waals surface area contributed by atoms with Gasteiger partial charge in [-0.15, -0.1) is 0 Å². The fourth-order valence-corrected chi connectivity index (χ4v) is 2.11. The van der Waals surface area contributed by atoms with Crippen LogP contribution in [0.2, 0.25) is 0 Å². The first-order valence-corrected chi connectivity index (χ1v) is 7.23. The zero-order valence-electron chi connectivity index (χ0n) is 12.9. The second-order valence-electron chi connectivity index (χ2n) is 5.48. The van der Waals surface area contributed by atoms with E-state index < -0.39 is 6.10 Å². The van der Waals surface area contributed by atoms with Gasteiger partial charge in [0.25, 0.3) is 0 Å². The Morgan fingerprint density at radius 2 is 1.67 bits per heavy atom. The minimum atomic E-state index is -0.549. The van der Waals surface area contributed by atoms with Gasteiger partial charge in [-0.2, -0.15) is 0 Å². The molecule has 1 unspecified atom stereocenters. The lowest BCUT2D eigenvalue weighted by atomic mass is 10.1. The number of aryl methyl sites for hydroxylation is 3. The molecule has 0 amide bonds. The number of benzene rings is 2. The number of aliphatic hydroxyl groups excluding tert-OH is 1. The number of anilines is 1. The van der Waals surface area contributed by atoms with Crippen molar-refractivity contribution in [3.63, 3.8) is 0 Å². The van der Waals surface area contributed by atoms with E-state index in [4.69, 9.17) is 4.74 Å². The van der Waals surface area contributed by atoms with E-state index in [9.17, 15) is 5.11 Å². The third-order valence-electron chi connectivity index (χ3n) is 3.36. The summed E-state index contributed by atoms with van der Waals surface area (Å²) in [7, 11) is 0. The highest BCUT2D eigenvalue weighted by Gasteiger charge is 2.07. The molecule has 112 valence electrons. The first-order chi connectivity index (χ1) is 10.0. The van der Waals surface area contributed by atoms with Gasteiger partial charge < -0.3 is 15.2 Å². The van der Waals surface area contributed by atoms with E-state index in [1.54, 1.807) is 0 Å². The number of aliphatic hydroxyl groups is 1. The lowest BCUT2D eigenvalue weighted by molar-refractivity contribution is 0.117. The van der Waals surface area contributed by atoms with Crippen LogP contribution in [-0.2, 0) is 0 Å². The largest absolute Gasteiger partial charge is 0.491 e. The third kappa shape index (κ3) is 4.80. The zero-order chi connectivity index (χ0) is 15.2. The van der Waals surface area contributed by atoms with E-state index in [1.807, 2.05) is 43.3 Å². The Balaban J connectivity index is 1.79. The van der Waals surface area contributed by atoms with Crippen molar-refractivity contribution in [1.82, 2.24) is 0 Å². The van der Waals surface area contributed by atoms with Gasteiger partial charge in [0.2, 0.25) is 0 Å². The average Bonchev–Trinajstić information content (AvgIpc) is 2.46. The van der Waals surface area contributed by atoms with Crippen molar-refractivity contribution in [2.75, 3.05) is 18.5 Å². The molecule has 2 aromatic rings. The molecule has 0 heterocycles. The standard InChI is InChI=1S/C18H23NO2/c1-13-4-7-16(8-5-13)19-11-17(20)12-21-18-9-6-14(2)10-15(18)3/h4-10,17,19-20H,11-12H2,1-3H3. The molecular weight excluding hydrogens is 262 g/mol. The van der Waals surface area contributed by atoms with Crippen molar-refractivity contribution in [3.05, 3.63) is 59.2 Å². The lowest BCUT2D eigenvalue weighted by Crippen LogP contribution is -2.26. The molecule has 21 heavy (non-hydrogen) atoms. The van der Waals surface area contributed by atoms with Gasteiger partial charge in [0.1, 0.15) is 18.5 Å². The molecule has 0 aliphatic carbocycles. The van der Waals surface area contributed by atoms with Gasteiger partial charge in [-0.05, 0) is 44.5 Å². The zero-order valence-corrected chi connectivity index (χ0v) is 12.9. The molecule has 0 aliphatic rings. The van der Waals surface area contributed by atoms with Crippen molar-refractivity contribution in [2.45, 2.75) is 26.9 Å². The van der Waals surface area contributed by atoms with Crippen LogP contribution in [-0.4, -0.2) is 24.4 Å². The summed E-state index contributed by atoms with van der Waals surface area (Å²) in [6.07, 6.45) is -0.549. The van der Waals surface area contributed by atoms with E-state index in [1.165, 1.54) is 11.1 Å². The third-order valence-corrected chi connectivity index (χ3v) is 3.36. The summed E-state index contributed by atoms with van der Waals surface area (Å²) < 4.78 is 5.67. The predicted octanol–water partition coefficient (Wildman–Crippen LogP) is 3.46. The second kappa shape index (κ2) is 7.14. The molecule has 0 bridgehead atoms. The van der Waals surface area contributed by atoms with Crippen LogP contribution < -0.4 is 10.1 Å². The van der Waals surface area contributed by atoms with Gasteiger partial charge in [-0.3, -0.25) is 0 Å². The van der Waals surface area contributed by atoms with Crippen LogP contribution in [0.1, 0.15) is 16.7 Å². The molecule has 3 nitrogen and oxygen atoms in total. The SMILES string of the molecule is Cc1ccc(NCC(O)COc2ccc(C)cc2C)cc1. The first-order valence-electron chi connectivity index (χ1n) is 7.23. The van der Waals surface area contributed by atoms with Crippen molar-refractivity contribution in [3.8, 4) is 5.75 Å². The minimum absolute atomic E-state index is 0.281. The number of hydrogen-bond donors (Lipinski definition) is 2. The van der Waals surface area contributed by atoms with E-state index in [2.05, 4.69) is 25.2 Å². The Morgan fingerprint density at radius 3 is 2.33 bits per heavy atom. The van der Waals surface area contributed by atoms with Crippen LogP contribution in [0, 0.1) is 20.8 Å².